The molecule has 2 atom stereocenters. The molecular formula is C15H19NO4. The first-order chi connectivity index (χ1) is 9.59. The molecule has 0 aromatic heterocycles. The summed E-state index contributed by atoms with van der Waals surface area (Å²) in [5.41, 5.74) is 0.917. The highest BCUT2D eigenvalue weighted by atomic mass is 16.6. The molecule has 0 bridgehead atoms. The molecule has 2 rings (SSSR count). The minimum absolute atomic E-state index is 0.209. The zero-order valence-corrected chi connectivity index (χ0v) is 11.5. The summed E-state index contributed by atoms with van der Waals surface area (Å²) in [5, 5.41) is 9.14. The summed E-state index contributed by atoms with van der Waals surface area (Å²) in [6, 6.07) is 9.10. The van der Waals surface area contributed by atoms with Crippen molar-refractivity contribution in [2.45, 2.75) is 32.4 Å². The van der Waals surface area contributed by atoms with Crippen molar-refractivity contribution >= 4 is 12.1 Å². The van der Waals surface area contributed by atoms with Gasteiger partial charge in [-0.25, -0.2) is 4.79 Å². The molecule has 5 nitrogen and oxygen atoms in total. The van der Waals surface area contributed by atoms with Gasteiger partial charge in [0.1, 0.15) is 6.61 Å². The van der Waals surface area contributed by atoms with E-state index < -0.39 is 18.0 Å². The van der Waals surface area contributed by atoms with E-state index in [1.54, 1.807) is 6.92 Å². The van der Waals surface area contributed by atoms with Gasteiger partial charge in [-0.2, -0.15) is 0 Å². The van der Waals surface area contributed by atoms with Crippen molar-refractivity contribution in [1.29, 1.82) is 0 Å². The SMILES string of the molecule is C[C@H]1[C@H](C(=O)O)CCCN1C(=O)OCc1ccccc1. The Bertz CT molecular complexity index is 474. The zero-order valence-electron chi connectivity index (χ0n) is 11.5. The largest absolute Gasteiger partial charge is 0.481 e. The zero-order chi connectivity index (χ0) is 14.5. The van der Waals surface area contributed by atoms with Crippen molar-refractivity contribution in [3.05, 3.63) is 35.9 Å². The molecule has 20 heavy (non-hydrogen) atoms. The van der Waals surface area contributed by atoms with Gasteiger partial charge in [-0.15, -0.1) is 0 Å². The lowest BCUT2D eigenvalue weighted by Gasteiger charge is -2.36. The fourth-order valence-corrected chi connectivity index (χ4v) is 2.53. The lowest BCUT2D eigenvalue weighted by molar-refractivity contribution is -0.145. The molecule has 1 aromatic carbocycles. The van der Waals surface area contributed by atoms with E-state index >= 15 is 0 Å². The van der Waals surface area contributed by atoms with Crippen LogP contribution in [0.5, 0.6) is 0 Å². The highest BCUT2D eigenvalue weighted by Gasteiger charge is 2.36. The van der Waals surface area contributed by atoms with Crippen molar-refractivity contribution < 1.29 is 19.4 Å². The number of carboxylic acid groups (broad SMARTS) is 1. The molecule has 0 unspecified atom stereocenters. The first-order valence-corrected chi connectivity index (χ1v) is 6.79. The van der Waals surface area contributed by atoms with Crippen molar-refractivity contribution in [3.8, 4) is 0 Å². The molecule has 1 amide bonds. The van der Waals surface area contributed by atoms with E-state index in [1.165, 1.54) is 4.90 Å². The number of carbonyl (C=O) groups excluding carboxylic acids is 1. The van der Waals surface area contributed by atoms with Gasteiger partial charge in [0, 0.05) is 12.6 Å². The minimum atomic E-state index is -0.849. The number of hydrogen-bond donors (Lipinski definition) is 1. The summed E-state index contributed by atoms with van der Waals surface area (Å²) in [6.07, 6.45) is 0.869. The van der Waals surface area contributed by atoms with E-state index in [4.69, 9.17) is 9.84 Å². The fraction of sp³-hybridized carbons (Fsp3) is 0.467. The summed E-state index contributed by atoms with van der Waals surface area (Å²) in [5.74, 6) is -1.36. The lowest BCUT2D eigenvalue weighted by atomic mass is 9.91. The van der Waals surface area contributed by atoms with Crippen LogP contribution in [-0.2, 0) is 16.1 Å². The Labute approximate surface area is 118 Å². The molecule has 108 valence electrons. The smallest absolute Gasteiger partial charge is 0.410 e. The first-order valence-electron chi connectivity index (χ1n) is 6.79. The number of carboxylic acids is 1. The van der Waals surface area contributed by atoms with Crippen LogP contribution in [0.25, 0.3) is 0 Å². The average Bonchev–Trinajstić information content (AvgIpc) is 2.46. The monoisotopic (exact) mass is 277 g/mol. The Balaban J connectivity index is 1.93. The second kappa shape index (κ2) is 6.41. The molecule has 1 aromatic rings. The van der Waals surface area contributed by atoms with Gasteiger partial charge in [0.25, 0.3) is 0 Å². The maximum absolute atomic E-state index is 12.1. The Morgan fingerprint density at radius 3 is 2.70 bits per heavy atom. The van der Waals surface area contributed by atoms with Crippen molar-refractivity contribution in [3.63, 3.8) is 0 Å². The molecule has 1 aliphatic rings. The highest BCUT2D eigenvalue weighted by Crippen LogP contribution is 2.24. The van der Waals surface area contributed by atoms with Crippen LogP contribution in [0.3, 0.4) is 0 Å². The summed E-state index contributed by atoms with van der Waals surface area (Å²) >= 11 is 0. The van der Waals surface area contributed by atoms with Gasteiger partial charge in [-0.3, -0.25) is 4.79 Å². The van der Waals surface area contributed by atoms with Crippen LogP contribution in [0.15, 0.2) is 30.3 Å². The highest BCUT2D eigenvalue weighted by molar-refractivity contribution is 5.74. The summed E-state index contributed by atoms with van der Waals surface area (Å²) in [6.45, 7) is 2.53. The van der Waals surface area contributed by atoms with Crippen molar-refractivity contribution in [2.24, 2.45) is 5.92 Å². The Morgan fingerprint density at radius 2 is 2.05 bits per heavy atom. The molecule has 1 saturated heterocycles. The van der Waals surface area contributed by atoms with Gasteiger partial charge in [0.05, 0.1) is 5.92 Å². The standard InChI is InChI=1S/C15H19NO4/c1-11-13(14(17)18)8-5-9-16(11)15(19)20-10-12-6-3-2-4-7-12/h2-4,6-7,11,13H,5,8-10H2,1H3,(H,17,18)/t11-,13+/m0/s1. The molecule has 5 heteroatoms. The maximum atomic E-state index is 12.1. The van der Waals surface area contributed by atoms with Crippen LogP contribution in [0.2, 0.25) is 0 Å². The van der Waals surface area contributed by atoms with Crippen LogP contribution in [0, 0.1) is 5.92 Å². The second-order valence-corrected chi connectivity index (χ2v) is 5.06. The number of piperidine rings is 1. The normalized spacial score (nSPS) is 22.4. The summed E-state index contributed by atoms with van der Waals surface area (Å²) in [4.78, 5) is 24.7. The number of aliphatic carboxylic acids is 1. The van der Waals surface area contributed by atoms with Gasteiger partial charge in [-0.05, 0) is 25.3 Å². The number of amides is 1. The molecule has 1 fully saturated rings. The van der Waals surface area contributed by atoms with Gasteiger partial charge in [-0.1, -0.05) is 30.3 Å². The van der Waals surface area contributed by atoms with Crippen LogP contribution < -0.4 is 0 Å². The van der Waals surface area contributed by atoms with E-state index in [-0.39, 0.29) is 12.6 Å². The number of carbonyl (C=O) groups is 2. The number of rotatable bonds is 3. The summed E-state index contributed by atoms with van der Waals surface area (Å²) < 4.78 is 5.26. The quantitative estimate of drug-likeness (QED) is 0.921. The lowest BCUT2D eigenvalue weighted by Crippen LogP contribution is -2.49. The number of hydrogen-bond acceptors (Lipinski definition) is 3. The van der Waals surface area contributed by atoms with Crippen LogP contribution >= 0.6 is 0 Å². The van der Waals surface area contributed by atoms with E-state index in [0.717, 1.165) is 5.56 Å². The molecule has 1 N–H and O–H groups in total. The number of likely N-dealkylation sites (tertiary alicyclic amines) is 1. The molecule has 0 radical (unpaired) electrons. The predicted octanol–water partition coefficient (Wildman–Crippen LogP) is 2.51. The van der Waals surface area contributed by atoms with E-state index in [9.17, 15) is 9.59 Å². The Hall–Kier alpha value is -2.04. The molecule has 0 saturated carbocycles. The molecule has 0 aliphatic carbocycles. The fourth-order valence-electron chi connectivity index (χ4n) is 2.53. The van der Waals surface area contributed by atoms with Crippen LogP contribution in [0.1, 0.15) is 25.3 Å². The van der Waals surface area contributed by atoms with E-state index in [2.05, 4.69) is 0 Å². The van der Waals surface area contributed by atoms with E-state index in [1.807, 2.05) is 30.3 Å². The topological polar surface area (TPSA) is 66.8 Å². The van der Waals surface area contributed by atoms with Crippen molar-refractivity contribution in [1.82, 2.24) is 4.90 Å². The summed E-state index contributed by atoms with van der Waals surface area (Å²) in [7, 11) is 0. The number of ether oxygens (including phenoxy) is 1. The van der Waals surface area contributed by atoms with Gasteiger partial charge >= 0.3 is 12.1 Å². The maximum Gasteiger partial charge on any atom is 0.410 e. The first kappa shape index (κ1) is 14.4. The third-order valence-electron chi connectivity index (χ3n) is 3.74. The van der Waals surface area contributed by atoms with Gasteiger partial charge in [0.15, 0.2) is 0 Å². The average molecular weight is 277 g/mol. The number of nitrogens with zero attached hydrogens (tertiary/aromatic N) is 1. The second-order valence-electron chi connectivity index (χ2n) is 5.06. The van der Waals surface area contributed by atoms with E-state index in [0.29, 0.717) is 19.4 Å². The van der Waals surface area contributed by atoms with Crippen LogP contribution in [-0.4, -0.2) is 34.7 Å². The van der Waals surface area contributed by atoms with Gasteiger partial charge in [0.2, 0.25) is 0 Å². The van der Waals surface area contributed by atoms with Crippen LogP contribution in [0.4, 0.5) is 4.79 Å². The third-order valence-corrected chi connectivity index (χ3v) is 3.74. The molecule has 0 spiro atoms. The predicted molar refractivity (Wildman–Crippen MR) is 73.2 cm³/mol. The Morgan fingerprint density at radius 1 is 1.35 bits per heavy atom. The molecule has 1 aliphatic heterocycles. The number of benzene rings is 1. The Kier molecular flexibility index (Phi) is 4.61. The minimum Gasteiger partial charge on any atom is -0.481 e. The molecule has 1 heterocycles. The van der Waals surface area contributed by atoms with Crippen molar-refractivity contribution in [2.75, 3.05) is 6.54 Å². The van der Waals surface area contributed by atoms with Gasteiger partial charge < -0.3 is 14.7 Å². The third kappa shape index (κ3) is 3.29. The molecular weight excluding hydrogens is 258 g/mol.